The number of nitrogens with zero attached hydrogens (tertiary/aromatic N) is 2. The monoisotopic (exact) mass is 379 g/mol. The summed E-state index contributed by atoms with van der Waals surface area (Å²) in [5, 5.41) is 3.09. The fourth-order valence-electron chi connectivity index (χ4n) is 3.81. The van der Waals surface area contributed by atoms with Gasteiger partial charge in [-0.15, -0.1) is 0 Å². The molecule has 0 saturated carbocycles. The molecule has 3 rings (SSSR count). The van der Waals surface area contributed by atoms with Crippen molar-refractivity contribution < 1.29 is 13.2 Å². The molecule has 0 aliphatic carbocycles. The number of anilines is 1. The third-order valence-corrected chi connectivity index (χ3v) is 6.82. The quantitative estimate of drug-likeness (QED) is 0.851. The van der Waals surface area contributed by atoms with Crippen molar-refractivity contribution in [3.05, 3.63) is 29.8 Å². The second-order valence-corrected chi connectivity index (χ2v) is 9.43. The molecule has 1 aromatic carbocycles. The second-order valence-electron chi connectivity index (χ2n) is 7.45. The molecule has 2 saturated heterocycles. The number of nitrogens with one attached hydrogen (secondary N) is 1. The highest BCUT2D eigenvalue weighted by Gasteiger charge is 2.29. The summed E-state index contributed by atoms with van der Waals surface area (Å²) in [5.41, 5.74) is 2.34. The van der Waals surface area contributed by atoms with Gasteiger partial charge in [0.25, 0.3) is 0 Å². The Morgan fingerprint density at radius 2 is 1.65 bits per heavy atom. The summed E-state index contributed by atoms with van der Waals surface area (Å²) in [4.78, 5) is 14.9. The maximum absolute atomic E-state index is 12.5. The Labute approximate surface area is 156 Å². The van der Waals surface area contributed by atoms with Crippen LogP contribution in [0.3, 0.4) is 0 Å². The minimum Gasteiger partial charge on any atom is -0.372 e. The molecule has 0 unspecified atom stereocenters. The van der Waals surface area contributed by atoms with Gasteiger partial charge in [-0.3, -0.25) is 4.79 Å². The van der Waals surface area contributed by atoms with E-state index in [-0.39, 0.29) is 17.9 Å². The fourth-order valence-corrected chi connectivity index (χ4v) is 4.69. The Morgan fingerprint density at radius 3 is 2.19 bits per heavy atom. The minimum absolute atomic E-state index is 0.0225. The van der Waals surface area contributed by atoms with Crippen molar-refractivity contribution in [3.8, 4) is 0 Å². The molecule has 0 spiro atoms. The fraction of sp³-hybridized carbons (Fsp3) is 0.632. The number of piperidine rings is 1. The molecule has 6 nitrogen and oxygen atoms in total. The molecular formula is C19H29N3O3S. The number of hydrogen-bond donors (Lipinski definition) is 1. The van der Waals surface area contributed by atoms with Gasteiger partial charge in [0.15, 0.2) is 0 Å². The van der Waals surface area contributed by atoms with Crippen molar-refractivity contribution >= 4 is 21.6 Å². The third kappa shape index (κ3) is 4.57. The van der Waals surface area contributed by atoms with Crippen LogP contribution in [0.15, 0.2) is 24.3 Å². The molecule has 2 heterocycles. The largest absolute Gasteiger partial charge is 0.372 e. The van der Waals surface area contributed by atoms with Gasteiger partial charge in [-0.2, -0.15) is 0 Å². The van der Waals surface area contributed by atoms with Gasteiger partial charge in [0.2, 0.25) is 15.9 Å². The Kier molecular flexibility index (Phi) is 5.87. The van der Waals surface area contributed by atoms with E-state index in [1.54, 1.807) is 0 Å². The zero-order valence-electron chi connectivity index (χ0n) is 15.6. The van der Waals surface area contributed by atoms with E-state index in [2.05, 4.69) is 34.5 Å². The number of amides is 1. The molecule has 26 heavy (non-hydrogen) atoms. The van der Waals surface area contributed by atoms with E-state index in [0.29, 0.717) is 25.9 Å². The maximum atomic E-state index is 12.5. The van der Waals surface area contributed by atoms with Crippen molar-refractivity contribution in [1.82, 2.24) is 9.62 Å². The van der Waals surface area contributed by atoms with Gasteiger partial charge in [-0.25, -0.2) is 12.7 Å². The van der Waals surface area contributed by atoms with Gasteiger partial charge in [-0.05, 0) is 50.3 Å². The SMILES string of the molecule is C[C@@H](NC(=O)C1CCN(S(C)(=O)=O)CC1)c1ccc(N2CCCC2)cc1. The molecule has 0 radical (unpaired) electrons. The van der Waals surface area contributed by atoms with Crippen LogP contribution in [-0.4, -0.2) is 51.1 Å². The standard InChI is InChI=1S/C19H29N3O3S/c1-15(16-5-7-18(8-6-16)21-11-3-4-12-21)20-19(23)17-9-13-22(14-10-17)26(2,24)25/h5-8,15,17H,3-4,9-14H2,1-2H3,(H,20,23)/t15-/m1/s1. The molecular weight excluding hydrogens is 350 g/mol. The molecule has 2 aliphatic heterocycles. The van der Waals surface area contributed by atoms with Gasteiger partial charge in [0.05, 0.1) is 12.3 Å². The van der Waals surface area contributed by atoms with E-state index in [4.69, 9.17) is 0 Å². The predicted octanol–water partition coefficient (Wildman–Crippen LogP) is 2.14. The molecule has 1 N–H and O–H groups in total. The molecule has 2 fully saturated rings. The summed E-state index contributed by atoms with van der Waals surface area (Å²) in [7, 11) is -3.15. The van der Waals surface area contributed by atoms with Crippen molar-refractivity contribution in [2.45, 2.75) is 38.6 Å². The predicted molar refractivity (Wildman–Crippen MR) is 104 cm³/mol. The first kappa shape index (κ1) is 19.2. The maximum Gasteiger partial charge on any atom is 0.223 e. The zero-order valence-corrected chi connectivity index (χ0v) is 16.5. The molecule has 1 amide bonds. The Balaban J connectivity index is 1.53. The van der Waals surface area contributed by atoms with E-state index in [1.165, 1.54) is 29.1 Å². The third-order valence-electron chi connectivity index (χ3n) is 5.52. The smallest absolute Gasteiger partial charge is 0.223 e. The van der Waals surface area contributed by atoms with Crippen LogP contribution in [0.1, 0.15) is 44.2 Å². The molecule has 1 atom stereocenters. The lowest BCUT2D eigenvalue weighted by atomic mass is 9.96. The average Bonchev–Trinajstić information content (AvgIpc) is 3.16. The summed E-state index contributed by atoms with van der Waals surface area (Å²) < 4.78 is 24.6. The number of sulfonamides is 1. The first-order valence-corrected chi connectivity index (χ1v) is 11.3. The molecule has 2 aliphatic rings. The first-order valence-electron chi connectivity index (χ1n) is 9.45. The molecule has 0 aromatic heterocycles. The molecule has 0 bridgehead atoms. The van der Waals surface area contributed by atoms with Gasteiger partial charge in [0.1, 0.15) is 0 Å². The summed E-state index contributed by atoms with van der Waals surface area (Å²) in [6.45, 7) is 5.09. The van der Waals surface area contributed by atoms with Crippen LogP contribution < -0.4 is 10.2 Å². The lowest BCUT2D eigenvalue weighted by Crippen LogP contribution is -2.43. The second kappa shape index (κ2) is 7.96. The Hall–Kier alpha value is -1.60. The number of hydrogen-bond acceptors (Lipinski definition) is 4. The highest BCUT2D eigenvalue weighted by Crippen LogP contribution is 2.24. The number of carbonyl (C=O) groups is 1. The highest BCUT2D eigenvalue weighted by molar-refractivity contribution is 7.88. The van der Waals surface area contributed by atoms with Crippen molar-refractivity contribution in [2.24, 2.45) is 5.92 Å². The van der Waals surface area contributed by atoms with Crippen molar-refractivity contribution in [2.75, 3.05) is 37.3 Å². The summed E-state index contributed by atoms with van der Waals surface area (Å²) in [6, 6.07) is 8.39. The number of rotatable bonds is 5. The summed E-state index contributed by atoms with van der Waals surface area (Å²) in [5.74, 6) is -0.0893. The van der Waals surface area contributed by atoms with Crippen molar-refractivity contribution in [3.63, 3.8) is 0 Å². The van der Waals surface area contributed by atoms with Crippen LogP contribution in [0.25, 0.3) is 0 Å². The van der Waals surface area contributed by atoms with Gasteiger partial charge < -0.3 is 10.2 Å². The average molecular weight is 380 g/mol. The van der Waals surface area contributed by atoms with Crippen LogP contribution in [0.5, 0.6) is 0 Å². The van der Waals surface area contributed by atoms with Crippen LogP contribution in [0, 0.1) is 5.92 Å². The van der Waals surface area contributed by atoms with E-state index in [1.807, 2.05) is 6.92 Å². The Bertz CT molecular complexity index is 719. The summed E-state index contributed by atoms with van der Waals surface area (Å²) in [6.07, 6.45) is 4.90. The van der Waals surface area contributed by atoms with Crippen LogP contribution in [0.4, 0.5) is 5.69 Å². The van der Waals surface area contributed by atoms with Gasteiger partial charge >= 0.3 is 0 Å². The van der Waals surface area contributed by atoms with Crippen LogP contribution >= 0.6 is 0 Å². The van der Waals surface area contributed by atoms with E-state index < -0.39 is 10.0 Å². The highest BCUT2D eigenvalue weighted by atomic mass is 32.2. The van der Waals surface area contributed by atoms with E-state index in [9.17, 15) is 13.2 Å². The minimum atomic E-state index is -3.15. The van der Waals surface area contributed by atoms with E-state index >= 15 is 0 Å². The topological polar surface area (TPSA) is 69.7 Å². The van der Waals surface area contributed by atoms with Gasteiger partial charge in [-0.1, -0.05) is 12.1 Å². The van der Waals surface area contributed by atoms with Gasteiger partial charge in [0, 0.05) is 37.8 Å². The first-order chi connectivity index (χ1) is 12.3. The Morgan fingerprint density at radius 1 is 1.08 bits per heavy atom. The normalized spacial score (nSPS) is 20.9. The molecule has 144 valence electrons. The molecule has 1 aromatic rings. The van der Waals surface area contributed by atoms with Crippen molar-refractivity contribution in [1.29, 1.82) is 0 Å². The van der Waals surface area contributed by atoms with Crippen LogP contribution in [0.2, 0.25) is 0 Å². The lowest BCUT2D eigenvalue weighted by Gasteiger charge is -2.30. The lowest BCUT2D eigenvalue weighted by molar-refractivity contribution is -0.126. The zero-order chi connectivity index (χ0) is 18.7. The summed E-state index contributed by atoms with van der Waals surface area (Å²) >= 11 is 0. The molecule has 7 heteroatoms. The number of benzene rings is 1. The number of carbonyl (C=O) groups excluding carboxylic acids is 1. The van der Waals surface area contributed by atoms with E-state index in [0.717, 1.165) is 18.7 Å². The van der Waals surface area contributed by atoms with Crippen LogP contribution in [-0.2, 0) is 14.8 Å².